The van der Waals surface area contributed by atoms with E-state index in [-0.39, 0.29) is 60.9 Å². The van der Waals surface area contributed by atoms with Gasteiger partial charge in [0.2, 0.25) is 0 Å². The van der Waals surface area contributed by atoms with Gasteiger partial charge in [0.05, 0.1) is 218 Å². The molecule has 32 heteroatoms. The number of aryl methyl sites for hydroxylation is 10. The van der Waals surface area contributed by atoms with Gasteiger partial charge in [-0.3, -0.25) is 49.7 Å². The van der Waals surface area contributed by atoms with E-state index < -0.39 is 17.4 Å². The molecule has 0 radical (unpaired) electrons. The van der Waals surface area contributed by atoms with Gasteiger partial charge in [0.1, 0.15) is 40.0 Å². The molecule has 0 aliphatic rings. The Kier molecular flexibility index (Phi) is 41.1. The lowest BCUT2D eigenvalue weighted by atomic mass is 9.90. The molecule has 4 aromatic carbocycles. The molecule has 28 nitrogen and oxygen atoms in total. The third kappa shape index (κ3) is 34.9. The molecule has 0 aliphatic carbocycles. The number of phenols is 1. The third-order valence-corrected chi connectivity index (χ3v) is 23.5. The van der Waals surface area contributed by atoms with Gasteiger partial charge in [-0.25, -0.2) is 54.2 Å². The highest BCUT2D eigenvalue weighted by atomic mass is 32.1. The number of halogens is 1. The second-order valence-corrected chi connectivity index (χ2v) is 45.8. The van der Waals surface area contributed by atoms with E-state index in [0.29, 0.717) is 11.3 Å². The summed E-state index contributed by atoms with van der Waals surface area (Å²) in [5, 5.41) is 25.4. The van der Waals surface area contributed by atoms with Crippen LogP contribution in [0, 0.1) is 68.1 Å². The van der Waals surface area contributed by atoms with Crippen LogP contribution in [-0.2, 0) is 61.9 Å². The molecule has 16 rings (SSSR count). The molecule has 0 atom stereocenters. The number of phenolic OH excluding ortho intramolecular Hbond substituents is 1. The van der Waals surface area contributed by atoms with Crippen LogP contribution in [0.1, 0.15) is 276 Å². The van der Waals surface area contributed by atoms with E-state index in [9.17, 15) is 9.50 Å². The van der Waals surface area contributed by atoms with Gasteiger partial charge < -0.3 is 19.3 Å². The Balaban J connectivity index is 0.000000204. The fraction of sp³-hybridized carbons (Fsp3) is 0.409. The summed E-state index contributed by atoms with van der Waals surface area (Å²) in [6, 6.07) is 27.8. The van der Waals surface area contributed by atoms with Crippen molar-refractivity contribution in [2.45, 2.75) is 292 Å². The van der Waals surface area contributed by atoms with Gasteiger partial charge in [0.15, 0.2) is 11.6 Å². The molecule has 0 spiro atoms. The summed E-state index contributed by atoms with van der Waals surface area (Å²) >= 11 is 2.46. The fourth-order valence-electron chi connectivity index (χ4n) is 15.4. The number of hydrogen-bond acceptors (Lipinski definition) is 28. The molecule has 0 saturated carbocycles. The van der Waals surface area contributed by atoms with Crippen LogP contribution in [0.25, 0.3) is 90.3 Å². The summed E-state index contributed by atoms with van der Waals surface area (Å²) in [6.07, 6.45) is 21.8. The van der Waals surface area contributed by atoms with Crippen LogP contribution >= 0.6 is 22.7 Å². The van der Waals surface area contributed by atoms with Crippen molar-refractivity contribution in [3.8, 4) is 113 Å². The number of rotatable bonds is 12. The summed E-state index contributed by atoms with van der Waals surface area (Å²) in [5.74, 6) is 1.78. The summed E-state index contributed by atoms with van der Waals surface area (Å²) in [5.41, 5.74) is 31.8. The van der Waals surface area contributed by atoms with Gasteiger partial charge in [-0.2, -0.15) is 18.6 Å². The van der Waals surface area contributed by atoms with Gasteiger partial charge in [0, 0.05) is 107 Å². The number of ether oxygens (including phenoxy) is 3. The molecule has 0 fully saturated rings. The van der Waals surface area contributed by atoms with Crippen molar-refractivity contribution < 1.29 is 32.1 Å². The van der Waals surface area contributed by atoms with Crippen molar-refractivity contribution in [2.75, 3.05) is 14.2 Å². The minimum atomic E-state index is -0.750. The molecule has 16 aromatic rings. The number of H-pyrrole nitrogens is 1. The number of methoxy groups -OCH3 is 2. The van der Waals surface area contributed by atoms with Crippen LogP contribution < -0.4 is 14.2 Å². The predicted molar refractivity (Wildman–Crippen MR) is 592 cm³/mol. The zero-order chi connectivity index (χ0) is 109. The maximum absolute atomic E-state index is 13.8. The summed E-state index contributed by atoms with van der Waals surface area (Å²) in [7, 11) is 5.01. The highest BCUT2D eigenvalue weighted by Gasteiger charge is 2.29. The first-order valence-corrected chi connectivity index (χ1v) is 51.0. The highest BCUT2D eigenvalue weighted by molar-refractivity contribution is 7.51. The number of aromatic nitrogens is 22. The molecule has 0 saturated heterocycles. The van der Waals surface area contributed by atoms with Crippen molar-refractivity contribution in [3.05, 3.63) is 284 Å². The van der Waals surface area contributed by atoms with Gasteiger partial charge in [-0.1, -0.05) is 190 Å². The number of benzene rings is 4. The van der Waals surface area contributed by atoms with Crippen molar-refractivity contribution in [3.63, 3.8) is 0 Å². The lowest BCUT2D eigenvalue weighted by Crippen LogP contribution is -2.16. The summed E-state index contributed by atoms with van der Waals surface area (Å²) in [6.45, 7) is 73.3. The van der Waals surface area contributed by atoms with Gasteiger partial charge >= 0.3 is 11.6 Å². The van der Waals surface area contributed by atoms with E-state index in [4.69, 9.17) is 42.6 Å². The van der Waals surface area contributed by atoms with Crippen LogP contribution in [0.4, 0.5) is 4.39 Å². The number of nitrogens with one attached hydrogen (secondary N) is 1. The van der Waals surface area contributed by atoms with Crippen LogP contribution in [0.2, 0.25) is 0 Å². The Morgan fingerprint density at radius 1 is 0.354 bits per heavy atom. The molecule has 147 heavy (non-hydrogen) atoms. The Morgan fingerprint density at radius 3 is 0.993 bits per heavy atom. The third-order valence-electron chi connectivity index (χ3n) is 22.2. The largest absolute Gasteiger partial charge is 0.508 e. The Labute approximate surface area is 880 Å². The fourth-order valence-corrected chi connectivity index (χ4v) is 16.5. The zero-order valence-electron chi connectivity index (χ0n) is 92.9. The Morgan fingerprint density at radius 2 is 0.687 bits per heavy atom. The number of aromatic amines is 1. The monoisotopic (exact) mass is 2050 g/mol. The first-order chi connectivity index (χ1) is 68.5. The zero-order valence-corrected chi connectivity index (χ0v) is 95.3. The van der Waals surface area contributed by atoms with Crippen molar-refractivity contribution in [1.82, 2.24) is 110 Å². The van der Waals surface area contributed by atoms with E-state index in [1.165, 1.54) is 13.2 Å². The lowest BCUT2D eigenvalue weighted by Gasteiger charge is -2.20. The smallest absolute Gasteiger partial charge is 0.335 e. The highest BCUT2D eigenvalue weighted by Crippen LogP contribution is 2.37. The lowest BCUT2D eigenvalue weighted by molar-refractivity contribution is 0.242. The molecule has 0 unspecified atom stereocenters. The van der Waals surface area contributed by atoms with Crippen molar-refractivity contribution in [1.29, 1.82) is 0 Å². The van der Waals surface area contributed by atoms with E-state index >= 15 is 0 Å². The molecule has 2 N–H and O–H groups in total. The first-order valence-electron chi connectivity index (χ1n) is 48.5. The minimum Gasteiger partial charge on any atom is -0.508 e. The molecule has 12 aromatic heterocycles. The molecule has 0 aliphatic heterocycles. The van der Waals surface area contributed by atoms with Crippen LogP contribution in [-0.4, -0.2) is 144 Å². The second kappa shape index (κ2) is 51.0. The topological polar surface area (TPSA) is 361 Å². The number of hydrogen-bond donors (Lipinski definition) is 2. The number of aromatic hydroxyl groups is 1. The quantitative estimate of drug-likeness (QED) is 0.115. The molecular weight excluding hydrogens is 1900 g/mol. The number of nitrogens with zero attached hydrogens (tertiary/aromatic N) is 21. The summed E-state index contributed by atoms with van der Waals surface area (Å²) < 4.78 is 48.0. The molecule has 0 amide bonds. The molecule has 0 bridgehead atoms. The molecule has 12 heterocycles. The average Bonchev–Trinajstić information content (AvgIpc) is 0.992. The maximum Gasteiger partial charge on any atom is 0.335 e. The van der Waals surface area contributed by atoms with E-state index in [1.54, 1.807) is 95.9 Å². The standard InChI is InChI=1S/C18H24N2O.C16H19FN2O.C16H20N2O.C15H18N2O.C13H18N4.C13H17N3S.C12H16N4.C12H15N3S.O2S/c1-12(2)21-15-9-7-14(8-10-15)16-11-19-13(3)17(20-16)18(4,5)6;1-10-15(16(2,3)4)19-13(9-18-10)11-6-7-14(20-5)12(17)8-11;1-11-15(16(2,3)4)18-14(10-17-11)12-7-6-8-13(9-12)19-5;1-10-14(15(2,3)4)17-13(9-16-10)11-6-5-7-12(18)8-11;1-9-12(13(2,3)4)16-11(7-14-9)10-6-15-17(5)8-10;1-8-12(13(3,4)5)16-10(6-14-8)11-7-17-9(2)15-11;1-8-11(12(2,3)4)16-10(7-13-8)9-5-14-15-6-9;1-8-11(12(2,3)4)15-9(5-13-8)10-6-16-7-14-10;1-3-2/h7-12H,1-6H3;6-9H,1-5H3;6-10H,1-5H3;5-9,18H,1-4H3;6-8H,1-5H3;6-7H,1-5H3;5-7H,1-4H3,(H,14,15);5-7H,1-4H3;. The van der Waals surface area contributed by atoms with Gasteiger partial charge in [-0.05, 0) is 143 Å². The van der Waals surface area contributed by atoms with Crippen molar-refractivity contribution >= 4 is 34.2 Å². The minimum absolute atomic E-state index is 0.00616. The average molecular weight is 2050 g/mol. The molecule has 778 valence electrons. The maximum atomic E-state index is 13.8. The van der Waals surface area contributed by atoms with Crippen LogP contribution in [0.5, 0.6) is 23.0 Å². The summed E-state index contributed by atoms with van der Waals surface area (Å²) in [4.78, 5) is 81.8. The van der Waals surface area contributed by atoms with E-state index in [0.717, 1.165) is 187 Å². The Hall–Kier alpha value is -13.9. The van der Waals surface area contributed by atoms with Crippen LogP contribution in [0.15, 0.2) is 182 Å². The predicted octanol–water partition coefficient (Wildman–Crippen LogP) is 26.7. The van der Waals surface area contributed by atoms with Crippen LogP contribution in [0.3, 0.4) is 0 Å². The van der Waals surface area contributed by atoms with Gasteiger partial charge in [0.25, 0.3) is 0 Å². The normalized spacial score (nSPS) is 11.5. The first kappa shape index (κ1) is 118. The van der Waals surface area contributed by atoms with E-state index in [2.05, 4.69) is 251 Å². The van der Waals surface area contributed by atoms with Gasteiger partial charge in [-0.15, -0.1) is 22.7 Å². The van der Waals surface area contributed by atoms with Crippen molar-refractivity contribution in [2.24, 2.45) is 7.05 Å². The van der Waals surface area contributed by atoms with E-state index in [1.807, 2.05) is 197 Å². The SMILES string of the molecule is COc1ccc(-c2cnc(C)c(C(C)(C)C)n2)cc1F.COc1cccc(-c2cnc(C)c(C(C)(C)C)n2)c1.Cc1nc(-c2cnc(C)c(C(C)(C)C)n2)cs1.Cc1ncc(-c2ccc(OC(C)C)cc2)nc1C(C)(C)C.Cc1ncc(-c2cccc(O)c2)nc1C(C)(C)C.Cc1ncc(-c2cn[nH]c2)nc1C(C)(C)C.Cc1ncc(-c2cnn(C)c2)nc1C(C)(C)C.Cc1ncc(-c2cscn2)nc1C(C)(C)C.O=S=O. The second-order valence-electron chi connectivity index (χ2n) is 43.9. The molecular formula is C115H147FN22O6S3. The number of thiazole rings is 2. The Bertz CT molecular complexity index is 6850.